The Labute approximate surface area is 165 Å². The fraction of sp³-hybridized carbons (Fsp3) is 0.650. The zero-order valence-corrected chi connectivity index (χ0v) is 16.7. The predicted octanol–water partition coefficient (Wildman–Crippen LogP) is 3.24. The molecule has 1 aromatic carbocycles. The summed E-state index contributed by atoms with van der Waals surface area (Å²) in [5.74, 6) is 0.786. The minimum absolute atomic E-state index is 0.155. The molecule has 1 fully saturated rings. The Morgan fingerprint density at radius 2 is 2.21 bits per heavy atom. The Bertz CT molecular complexity index is 608. The van der Waals surface area contributed by atoms with Crippen molar-refractivity contribution in [1.29, 1.82) is 0 Å². The van der Waals surface area contributed by atoms with E-state index in [0.717, 1.165) is 31.4 Å². The van der Waals surface area contributed by atoms with Crippen LogP contribution in [0.2, 0.25) is 0 Å². The third-order valence-electron chi connectivity index (χ3n) is 4.27. The topological polar surface area (TPSA) is 64.1 Å². The SMILES string of the molecule is CCNC(=NCc1cc(C)ccc1OC(F)F)NCCCOCC1CCCO1. The van der Waals surface area contributed by atoms with Gasteiger partial charge in [-0.15, -0.1) is 0 Å². The second kappa shape index (κ2) is 12.5. The Kier molecular flexibility index (Phi) is 9.99. The molecule has 6 nitrogen and oxygen atoms in total. The third kappa shape index (κ3) is 8.39. The summed E-state index contributed by atoms with van der Waals surface area (Å²) in [6, 6.07) is 5.10. The molecule has 0 radical (unpaired) electrons. The van der Waals surface area contributed by atoms with Crippen LogP contribution in [-0.2, 0) is 16.0 Å². The van der Waals surface area contributed by atoms with Gasteiger partial charge in [-0.3, -0.25) is 0 Å². The van der Waals surface area contributed by atoms with Crippen molar-refractivity contribution in [2.24, 2.45) is 4.99 Å². The van der Waals surface area contributed by atoms with Gasteiger partial charge < -0.3 is 24.8 Å². The van der Waals surface area contributed by atoms with Crippen molar-refractivity contribution >= 4 is 5.96 Å². The van der Waals surface area contributed by atoms with Crippen molar-refractivity contribution in [3.05, 3.63) is 29.3 Å². The summed E-state index contributed by atoms with van der Waals surface area (Å²) in [6.07, 6.45) is 3.27. The summed E-state index contributed by atoms with van der Waals surface area (Å²) in [4.78, 5) is 4.48. The Morgan fingerprint density at radius 1 is 1.36 bits per heavy atom. The van der Waals surface area contributed by atoms with E-state index < -0.39 is 6.61 Å². The molecule has 8 heteroatoms. The summed E-state index contributed by atoms with van der Waals surface area (Å²) in [5, 5.41) is 6.39. The van der Waals surface area contributed by atoms with E-state index in [-0.39, 0.29) is 18.4 Å². The number of benzene rings is 1. The van der Waals surface area contributed by atoms with Crippen LogP contribution in [0.4, 0.5) is 8.78 Å². The van der Waals surface area contributed by atoms with Crippen LogP contribution in [-0.4, -0.2) is 51.6 Å². The number of ether oxygens (including phenoxy) is 3. The molecule has 28 heavy (non-hydrogen) atoms. The Morgan fingerprint density at radius 3 is 2.93 bits per heavy atom. The molecule has 0 aromatic heterocycles. The molecule has 0 aliphatic carbocycles. The van der Waals surface area contributed by atoms with Crippen LogP contribution in [0.15, 0.2) is 23.2 Å². The van der Waals surface area contributed by atoms with Crippen molar-refractivity contribution in [3.63, 3.8) is 0 Å². The maximum Gasteiger partial charge on any atom is 0.387 e. The van der Waals surface area contributed by atoms with Gasteiger partial charge in [-0.2, -0.15) is 8.78 Å². The van der Waals surface area contributed by atoms with Gasteiger partial charge in [0.25, 0.3) is 0 Å². The van der Waals surface area contributed by atoms with E-state index in [0.29, 0.717) is 37.8 Å². The summed E-state index contributed by atoms with van der Waals surface area (Å²) < 4.78 is 40.9. The zero-order valence-electron chi connectivity index (χ0n) is 16.7. The van der Waals surface area contributed by atoms with E-state index >= 15 is 0 Å². The van der Waals surface area contributed by atoms with Crippen LogP contribution in [0, 0.1) is 6.92 Å². The zero-order chi connectivity index (χ0) is 20.2. The normalized spacial score (nSPS) is 17.2. The van der Waals surface area contributed by atoms with Gasteiger partial charge in [-0.25, -0.2) is 4.99 Å². The Balaban J connectivity index is 1.78. The molecule has 158 valence electrons. The molecular formula is C20H31F2N3O3. The van der Waals surface area contributed by atoms with Gasteiger partial charge in [0.05, 0.1) is 19.3 Å². The van der Waals surface area contributed by atoms with E-state index in [1.165, 1.54) is 0 Å². The number of nitrogens with zero attached hydrogens (tertiary/aromatic N) is 1. The van der Waals surface area contributed by atoms with E-state index in [1.54, 1.807) is 12.1 Å². The van der Waals surface area contributed by atoms with Gasteiger partial charge in [-0.05, 0) is 39.2 Å². The van der Waals surface area contributed by atoms with Crippen LogP contribution in [0.1, 0.15) is 37.3 Å². The van der Waals surface area contributed by atoms with Crippen LogP contribution >= 0.6 is 0 Å². The van der Waals surface area contributed by atoms with Crippen molar-refractivity contribution in [2.75, 3.05) is 32.9 Å². The molecule has 0 amide bonds. The molecule has 1 heterocycles. The number of rotatable bonds is 11. The molecule has 1 saturated heterocycles. The van der Waals surface area contributed by atoms with Crippen LogP contribution in [0.5, 0.6) is 5.75 Å². The molecule has 0 spiro atoms. The largest absolute Gasteiger partial charge is 0.434 e. The fourth-order valence-electron chi connectivity index (χ4n) is 2.92. The van der Waals surface area contributed by atoms with E-state index in [9.17, 15) is 8.78 Å². The molecule has 1 atom stereocenters. The Hall–Kier alpha value is -1.93. The monoisotopic (exact) mass is 399 g/mol. The second-order valence-corrected chi connectivity index (χ2v) is 6.68. The molecule has 2 N–H and O–H groups in total. The first-order valence-electron chi connectivity index (χ1n) is 9.84. The smallest absolute Gasteiger partial charge is 0.387 e. The van der Waals surface area contributed by atoms with Crippen LogP contribution < -0.4 is 15.4 Å². The quantitative estimate of drug-likeness (QED) is 0.340. The number of halogens is 2. The number of alkyl halides is 2. The van der Waals surface area contributed by atoms with Crippen molar-refractivity contribution in [1.82, 2.24) is 10.6 Å². The number of aryl methyl sites for hydroxylation is 1. The van der Waals surface area contributed by atoms with Gasteiger partial charge in [-0.1, -0.05) is 17.7 Å². The van der Waals surface area contributed by atoms with Crippen LogP contribution in [0.25, 0.3) is 0 Å². The van der Waals surface area contributed by atoms with Gasteiger partial charge in [0.1, 0.15) is 5.75 Å². The highest BCUT2D eigenvalue weighted by molar-refractivity contribution is 5.79. The van der Waals surface area contributed by atoms with Gasteiger partial charge >= 0.3 is 6.61 Å². The van der Waals surface area contributed by atoms with Crippen LogP contribution in [0.3, 0.4) is 0 Å². The first-order valence-corrected chi connectivity index (χ1v) is 9.84. The molecule has 1 unspecified atom stereocenters. The van der Waals surface area contributed by atoms with Crippen molar-refractivity contribution < 1.29 is 23.0 Å². The highest BCUT2D eigenvalue weighted by Gasteiger charge is 2.15. The molecular weight excluding hydrogens is 368 g/mol. The molecule has 0 bridgehead atoms. The summed E-state index contributed by atoms with van der Waals surface area (Å²) in [6.45, 7) is 4.80. The number of nitrogens with one attached hydrogen (secondary N) is 2. The highest BCUT2D eigenvalue weighted by atomic mass is 19.3. The fourth-order valence-corrected chi connectivity index (χ4v) is 2.92. The lowest BCUT2D eigenvalue weighted by Gasteiger charge is -2.14. The minimum Gasteiger partial charge on any atom is -0.434 e. The number of aliphatic imine (C=N–C) groups is 1. The number of hydrogen-bond donors (Lipinski definition) is 2. The van der Waals surface area contributed by atoms with Crippen molar-refractivity contribution in [3.8, 4) is 5.75 Å². The first kappa shape index (κ1) is 22.4. The maximum atomic E-state index is 12.6. The average Bonchev–Trinajstić information content (AvgIpc) is 3.17. The molecule has 2 rings (SSSR count). The van der Waals surface area contributed by atoms with Crippen molar-refractivity contribution in [2.45, 2.75) is 52.4 Å². The second-order valence-electron chi connectivity index (χ2n) is 6.68. The summed E-state index contributed by atoms with van der Waals surface area (Å²) >= 11 is 0. The maximum absolute atomic E-state index is 12.6. The first-order chi connectivity index (χ1) is 13.6. The highest BCUT2D eigenvalue weighted by Crippen LogP contribution is 2.22. The standard InChI is InChI=1S/C20H31F2N3O3/c1-3-23-20(24-9-5-10-26-14-17-6-4-11-27-17)25-13-16-12-15(2)7-8-18(16)28-19(21)22/h7-8,12,17,19H,3-6,9-11,13-14H2,1-2H3,(H2,23,24,25). The van der Waals surface area contributed by atoms with E-state index in [2.05, 4.69) is 20.4 Å². The third-order valence-corrected chi connectivity index (χ3v) is 4.27. The minimum atomic E-state index is -2.86. The molecule has 0 saturated carbocycles. The molecule has 1 aliphatic heterocycles. The van der Waals surface area contributed by atoms with E-state index in [4.69, 9.17) is 9.47 Å². The molecule has 1 aromatic rings. The lowest BCUT2D eigenvalue weighted by atomic mass is 10.1. The lowest BCUT2D eigenvalue weighted by molar-refractivity contribution is -0.0504. The lowest BCUT2D eigenvalue weighted by Crippen LogP contribution is -2.38. The molecule has 1 aliphatic rings. The predicted molar refractivity (Wildman–Crippen MR) is 105 cm³/mol. The summed E-state index contributed by atoms with van der Waals surface area (Å²) in [7, 11) is 0. The number of guanidine groups is 1. The van der Waals surface area contributed by atoms with Gasteiger partial charge in [0.2, 0.25) is 0 Å². The van der Waals surface area contributed by atoms with Gasteiger partial charge in [0, 0.05) is 31.9 Å². The van der Waals surface area contributed by atoms with Gasteiger partial charge in [0.15, 0.2) is 5.96 Å². The average molecular weight is 399 g/mol. The van der Waals surface area contributed by atoms with E-state index in [1.807, 2.05) is 19.9 Å². The number of hydrogen-bond acceptors (Lipinski definition) is 4. The summed E-state index contributed by atoms with van der Waals surface area (Å²) in [5.41, 5.74) is 1.59.